The summed E-state index contributed by atoms with van der Waals surface area (Å²) in [5, 5.41) is 0. The Morgan fingerprint density at radius 3 is 2.53 bits per heavy atom. The molecule has 1 rings (SSSR count). The quantitative estimate of drug-likeness (QED) is 0.773. The lowest BCUT2D eigenvalue weighted by Crippen LogP contribution is -2.23. The average molecular weight is 208 g/mol. The zero-order chi connectivity index (χ0) is 11.3. The van der Waals surface area contributed by atoms with Gasteiger partial charge in [-0.3, -0.25) is 4.79 Å². The molecule has 0 aliphatic carbocycles. The van der Waals surface area contributed by atoms with Crippen LogP contribution < -0.4 is 15.2 Å². The van der Waals surface area contributed by atoms with Crippen LogP contribution in [-0.4, -0.2) is 26.5 Å². The van der Waals surface area contributed by atoms with E-state index in [1.807, 2.05) is 6.07 Å². The van der Waals surface area contributed by atoms with Gasteiger partial charge in [-0.25, -0.2) is 0 Å². The lowest BCUT2D eigenvalue weighted by molar-refractivity contribution is 0.354. The average Bonchev–Trinajstić information content (AvgIpc) is 2.28. The lowest BCUT2D eigenvalue weighted by atomic mass is 10.1. The molecule has 0 saturated heterocycles. The zero-order valence-electron chi connectivity index (χ0n) is 8.82. The summed E-state index contributed by atoms with van der Waals surface area (Å²) in [6, 6.07) is 4.84. The molecule has 1 aromatic carbocycles. The molecule has 1 radical (unpaired) electrons. The summed E-state index contributed by atoms with van der Waals surface area (Å²) in [7, 11) is 3.13. The van der Waals surface area contributed by atoms with Gasteiger partial charge in [0, 0.05) is 0 Å². The standard InChI is InChI=1S/C11H14NO3/c1-14-10-4-3-8(5-9(12)7-13)6-11(10)15-2/h3-4,6,9H,5,12H2,1-2H3. The van der Waals surface area contributed by atoms with Crippen molar-refractivity contribution in [2.24, 2.45) is 5.73 Å². The summed E-state index contributed by atoms with van der Waals surface area (Å²) in [5.41, 5.74) is 6.39. The fourth-order valence-corrected chi connectivity index (χ4v) is 1.30. The third kappa shape index (κ3) is 2.95. The lowest BCUT2D eigenvalue weighted by Gasteiger charge is -2.10. The molecule has 0 amide bonds. The Morgan fingerprint density at radius 2 is 2.00 bits per heavy atom. The van der Waals surface area contributed by atoms with Crippen LogP contribution in [0.1, 0.15) is 5.56 Å². The molecular formula is C11H14NO3. The highest BCUT2D eigenvalue weighted by Crippen LogP contribution is 2.27. The van der Waals surface area contributed by atoms with Crippen LogP contribution in [0, 0.1) is 0 Å². The molecule has 0 aliphatic heterocycles. The molecule has 0 aromatic heterocycles. The Labute approximate surface area is 89.0 Å². The van der Waals surface area contributed by atoms with Crippen molar-refractivity contribution in [2.45, 2.75) is 12.5 Å². The van der Waals surface area contributed by atoms with Crippen LogP contribution >= 0.6 is 0 Å². The first kappa shape index (κ1) is 11.5. The van der Waals surface area contributed by atoms with E-state index in [1.165, 1.54) is 0 Å². The molecule has 15 heavy (non-hydrogen) atoms. The van der Waals surface area contributed by atoms with E-state index >= 15 is 0 Å². The molecule has 0 saturated carbocycles. The van der Waals surface area contributed by atoms with Crippen LogP contribution in [0.25, 0.3) is 0 Å². The van der Waals surface area contributed by atoms with E-state index in [9.17, 15) is 4.79 Å². The van der Waals surface area contributed by atoms with Gasteiger partial charge < -0.3 is 15.2 Å². The number of nitrogens with two attached hydrogens (primary N) is 1. The molecule has 4 heteroatoms. The third-order valence-corrected chi connectivity index (χ3v) is 2.05. The van der Waals surface area contributed by atoms with Crippen molar-refractivity contribution in [3.63, 3.8) is 0 Å². The number of hydrogen-bond acceptors (Lipinski definition) is 4. The van der Waals surface area contributed by atoms with Crippen LogP contribution in [0.2, 0.25) is 0 Å². The highest BCUT2D eigenvalue weighted by atomic mass is 16.5. The number of ether oxygens (including phenoxy) is 2. The van der Waals surface area contributed by atoms with E-state index in [0.717, 1.165) is 5.56 Å². The van der Waals surface area contributed by atoms with Crippen LogP contribution in [0.15, 0.2) is 18.2 Å². The fraction of sp³-hybridized carbons (Fsp3) is 0.364. The maximum Gasteiger partial charge on any atom is 0.217 e. The molecule has 1 unspecified atom stereocenters. The maximum atomic E-state index is 10.3. The van der Waals surface area contributed by atoms with E-state index in [2.05, 4.69) is 0 Å². The smallest absolute Gasteiger partial charge is 0.217 e. The summed E-state index contributed by atoms with van der Waals surface area (Å²) in [5.74, 6) is 1.29. The molecule has 2 N–H and O–H groups in total. The molecule has 4 nitrogen and oxygen atoms in total. The number of carbonyl (C=O) groups excluding carboxylic acids is 1. The summed E-state index contributed by atoms with van der Waals surface area (Å²) in [4.78, 5) is 10.3. The monoisotopic (exact) mass is 208 g/mol. The van der Waals surface area contributed by atoms with Crippen LogP contribution in [0.3, 0.4) is 0 Å². The Morgan fingerprint density at radius 1 is 1.33 bits per heavy atom. The highest BCUT2D eigenvalue weighted by Gasteiger charge is 2.07. The van der Waals surface area contributed by atoms with Gasteiger partial charge in [0.15, 0.2) is 11.5 Å². The molecule has 0 aliphatic rings. The number of rotatable bonds is 5. The first-order valence-electron chi connectivity index (χ1n) is 4.55. The minimum absolute atomic E-state index is 0.448. The van der Waals surface area contributed by atoms with Gasteiger partial charge >= 0.3 is 0 Å². The second kappa shape index (κ2) is 5.36. The van der Waals surface area contributed by atoms with Crippen LogP contribution in [-0.2, 0) is 11.2 Å². The Hall–Kier alpha value is -1.55. The second-order valence-electron chi connectivity index (χ2n) is 3.12. The predicted molar refractivity (Wildman–Crippen MR) is 56.9 cm³/mol. The van der Waals surface area contributed by atoms with Crippen LogP contribution in [0.4, 0.5) is 0 Å². The normalized spacial score (nSPS) is 11.9. The summed E-state index contributed by atoms with van der Waals surface area (Å²) in [6.45, 7) is 0. The Balaban J connectivity index is 2.87. The third-order valence-electron chi connectivity index (χ3n) is 2.05. The van der Waals surface area contributed by atoms with Crippen molar-refractivity contribution in [2.75, 3.05) is 14.2 Å². The van der Waals surface area contributed by atoms with Crippen molar-refractivity contribution in [3.8, 4) is 11.5 Å². The number of methoxy groups -OCH3 is 2. The van der Waals surface area contributed by atoms with Gasteiger partial charge in [-0.2, -0.15) is 0 Å². The summed E-state index contributed by atoms with van der Waals surface area (Å²) in [6.07, 6.45) is 2.18. The molecule has 0 heterocycles. The van der Waals surface area contributed by atoms with Gasteiger partial charge in [0.1, 0.15) is 0 Å². The minimum atomic E-state index is -0.594. The zero-order valence-corrected chi connectivity index (χ0v) is 8.82. The SMILES string of the molecule is COc1ccc(CC(N)[C]=O)cc1OC. The van der Waals surface area contributed by atoms with Gasteiger partial charge in [-0.05, 0) is 24.1 Å². The molecule has 0 fully saturated rings. The molecule has 1 atom stereocenters. The summed E-state index contributed by atoms with van der Waals surface area (Å²) >= 11 is 0. The fourth-order valence-electron chi connectivity index (χ4n) is 1.30. The summed E-state index contributed by atoms with van der Waals surface area (Å²) < 4.78 is 10.2. The second-order valence-corrected chi connectivity index (χ2v) is 3.12. The highest BCUT2D eigenvalue weighted by molar-refractivity contribution is 5.59. The predicted octanol–water partition coefficient (Wildman–Crippen LogP) is 0.683. The number of benzene rings is 1. The van der Waals surface area contributed by atoms with E-state index in [0.29, 0.717) is 17.9 Å². The van der Waals surface area contributed by atoms with Gasteiger partial charge in [0.2, 0.25) is 6.29 Å². The molecular weight excluding hydrogens is 194 g/mol. The Bertz CT molecular complexity index is 339. The van der Waals surface area contributed by atoms with Crippen LogP contribution in [0.5, 0.6) is 11.5 Å². The molecule has 0 bridgehead atoms. The van der Waals surface area contributed by atoms with Gasteiger partial charge in [-0.15, -0.1) is 0 Å². The van der Waals surface area contributed by atoms with E-state index in [1.54, 1.807) is 32.6 Å². The van der Waals surface area contributed by atoms with Gasteiger partial charge in [0.25, 0.3) is 0 Å². The molecule has 1 aromatic rings. The van der Waals surface area contributed by atoms with Crippen molar-refractivity contribution in [1.82, 2.24) is 0 Å². The number of hydrogen-bond donors (Lipinski definition) is 1. The molecule has 0 spiro atoms. The van der Waals surface area contributed by atoms with E-state index < -0.39 is 6.04 Å². The first-order valence-corrected chi connectivity index (χ1v) is 4.55. The minimum Gasteiger partial charge on any atom is -0.493 e. The van der Waals surface area contributed by atoms with Gasteiger partial charge in [-0.1, -0.05) is 6.07 Å². The van der Waals surface area contributed by atoms with Crippen molar-refractivity contribution < 1.29 is 14.3 Å². The first-order chi connectivity index (χ1) is 7.21. The van der Waals surface area contributed by atoms with Crippen molar-refractivity contribution in [1.29, 1.82) is 0 Å². The van der Waals surface area contributed by atoms with Crippen molar-refractivity contribution >= 4 is 6.29 Å². The maximum absolute atomic E-state index is 10.3. The van der Waals surface area contributed by atoms with E-state index in [4.69, 9.17) is 15.2 Å². The topological polar surface area (TPSA) is 61.5 Å². The van der Waals surface area contributed by atoms with Crippen molar-refractivity contribution in [3.05, 3.63) is 23.8 Å². The largest absolute Gasteiger partial charge is 0.493 e. The molecule has 81 valence electrons. The Kier molecular flexibility index (Phi) is 4.12. The van der Waals surface area contributed by atoms with Gasteiger partial charge in [0.05, 0.1) is 20.3 Å². The van der Waals surface area contributed by atoms with E-state index in [-0.39, 0.29) is 0 Å².